The van der Waals surface area contributed by atoms with Crippen molar-refractivity contribution in [2.24, 2.45) is 0 Å². The van der Waals surface area contributed by atoms with E-state index in [9.17, 15) is 14.0 Å². The van der Waals surface area contributed by atoms with Crippen molar-refractivity contribution < 1.29 is 13.6 Å². The number of hydrogen-bond donors (Lipinski definition) is 0. The third-order valence-corrected chi connectivity index (χ3v) is 5.50. The Hall–Kier alpha value is -3.06. The molecule has 1 amide bonds. The molecule has 0 fully saturated rings. The lowest BCUT2D eigenvalue weighted by Gasteiger charge is -2.28. The van der Waals surface area contributed by atoms with Crippen LogP contribution in [0.3, 0.4) is 0 Å². The van der Waals surface area contributed by atoms with Crippen LogP contribution in [0.25, 0.3) is 11.0 Å². The number of benzene rings is 1. The topological polar surface area (TPSA) is 66.7 Å². The number of halogens is 1. The molecule has 0 N–H and O–H groups in total. The first-order chi connectivity index (χ1) is 14.0. The molecule has 29 heavy (non-hydrogen) atoms. The number of aromatic nitrogens is 1. The predicted molar refractivity (Wildman–Crippen MR) is 107 cm³/mol. The maximum Gasteiger partial charge on any atom is 0.290 e. The first-order valence-electron chi connectivity index (χ1n) is 9.74. The summed E-state index contributed by atoms with van der Waals surface area (Å²) in [7, 11) is 0. The Kier molecular flexibility index (Phi) is 5.15. The zero-order valence-corrected chi connectivity index (χ0v) is 16.4. The van der Waals surface area contributed by atoms with Crippen molar-refractivity contribution >= 4 is 16.9 Å². The Morgan fingerprint density at radius 1 is 1.14 bits per heavy atom. The number of nitrogens with zero attached hydrogens (tertiary/aromatic N) is 3. The van der Waals surface area contributed by atoms with Gasteiger partial charge in [-0.25, -0.2) is 4.39 Å². The monoisotopic (exact) mass is 395 g/mol. The molecule has 1 aromatic carbocycles. The molecule has 4 rings (SSSR count). The summed E-state index contributed by atoms with van der Waals surface area (Å²) in [5, 5.41) is 0.140. The van der Waals surface area contributed by atoms with Crippen molar-refractivity contribution in [3.63, 3.8) is 0 Å². The molecule has 1 aliphatic rings. The molecule has 7 heteroatoms. The van der Waals surface area contributed by atoms with E-state index in [4.69, 9.17) is 4.42 Å². The number of hydrogen-bond acceptors (Lipinski definition) is 5. The molecule has 0 radical (unpaired) electrons. The van der Waals surface area contributed by atoms with Crippen LogP contribution >= 0.6 is 0 Å². The van der Waals surface area contributed by atoms with Crippen LogP contribution in [0.2, 0.25) is 0 Å². The zero-order valence-electron chi connectivity index (χ0n) is 16.4. The van der Waals surface area contributed by atoms with E-state index >= 15 is 0 Å². The predicted octanol–water partition coefficient (Wildman–Crippen LogP) is 3.21. The van der Waals surface area contributed by atoms with Crippen molar-refractivity contribution in [2.75, 3.05) is 26.2 Å². The van der Waals surface area contributed by atoms with E-state index in [-0.39, 0.29) is 33.6 Å². The fourth-order valence-corrected chi connectivity index (χ4v) is 3.90. The van der Waals surface area contributed by atoms with Gasteiger partial charge in [0.2, 0.25) is 5.76 Å². The molecule has 150 valence electrons. The zero-order chi connectivity index (χ0) is 20.5. The SMILES string of the molecule is CCN(CC)CCN1C(=O)c2oc3ccc(F)cc3c(=O)c2C1c1ccncc1. The normalized spacial score (nSPS) is 16.1. The van der Waals surface area contributed by atoms with Gasteiger partial charge in [-0.15, -0.1) is 0 Å². The minimum absolute atomic E-state index is 0.0375. The number of likely N-dealkylation sites (N-methyl/N-ethyl adjacent to an activating group) is 1. The minimum Gasteiger partial charge on any atom is -0.450 e. The lowest BCUT2D eigenvalue weighted by molar-refractivity contribution is 0.0708. The highest BCUT2D eigenvalue weighted by Gasteiger charge is 2.42. The largest absolute Gasteiger partial charge is 0.450 e. The maximum absolute atomic E-state index is 13.8. The van der Waals surface area contributed by atoms with Gasteiger partial charge < -0.3 is 14.2 Å². The number of rotatable bonds is 6. The van der Waals surface area contributed by atoms with Crippen LogP contribution in [0.4, 0.5) is 4.39 Å². The van der Waals surface area contributed by atoms with Gasteiger partial charge in [0.15, 0.2) is 5.43 Å². The van der Waals surface area contributed by atoms with E-state index in [1.165, 1.54) is 12.1 Å². The van der Waals surface area contributed by atoms with E-state index in [0.29, 0.717) is 13.1 Å². The van der Waals surface area contributed by atoms with E-state index in [1.807, 2.05) is 0 Å². The fourth-order valence-electron chi connectivity index (χ4n) is 3.90. The lowest BCUT2D eigenvalue weighted by atomic mass is 9.99. The van der Waals surface area contributed by atoms with Gasteiger partial charge in [-0.2, -0.15) is 0 Å². The van der Waals surface area contributed by atoms with Crippen molar-refractivity contribution in [1.82, 2.24) is 14.8 Å². The second-order valence-electron chi connectivity index (χ2n) is 7.02. The average molecular weight is 395 g/mol. The van der Waals surface area contributed by atoms with Gasteiger partial charge in [-0.3, -0.25) is 14.6 Å². The molecule has 1 unspecified atom stereocenters. The van der Waals surface area contributed by atoms with E-state index in [0.717, 1.165) is 24.7 Å². The van der Waals surface area contributed by atoms with Gasteiger partial charge in [0.25, 0.3) is 5.91 Å². The fraction of sp³-hybridized carbons (Fsp3) is 0.318. The van der Waals surface area contributed by atoms with Crippen LogP contribution < -0.4 is 5.43 Å². The molecule has 3 heterocycles. The van der Waals surface area contributed by atoms with E-state index in [1.54, 1.807) is 29.4 Å². The molecule has 2 aromatic heterocycles. The van der Waals surface area contributed by atoms with Gasteiger partial charge in [-0.05, 0) is 49.0 Å². The highest BCUT2D eigenvalue weighted by Crippen LogP contribution is 2.37. The van der Waals surface area contributed by atoms with E-state index in [2.05, 4.69) is 23.7 Å². The summed E-state index contributed by atoms with van der Waals surface area (Å²) in [5.41, 5.74) is 0.873. The van der Waals surface area contributed by atoms with Crippen molar-refractivity contribution in [3.8, 4) is 0 Å². The van der Waals surface area contributed by atoms with Crippen LogP contribution in [0, 0.1) is 5.82 Å². The lowest BCUT2D eigenvalue weighted by Crippen LogP contribution is -2.37. The Bertz CT molecular complexity index is 1110. The maximum atomic E-state index is 13.8. The molecule has 0 aliphatic carbocycles. The standard InChI is InChI=1S/C22H22FN3O3/c1-3-25(4-2)11-12-26-19(14-7-9-24-10-8-14)18-20(27)16-13-15(23)5-6-17(16)29-21(18)22(26)28/h5-10,13,19H,3-4,11-12H2,1-2H3. The quantitative estimate of drug-likeness (QED) is 0.641. The number of fused-ring (bicyclic) bond motifs is 2. The Balaban J connectivity index is 1.87. The van der Waals surface area contributed by atoms with Gasteiger partial charge in [0, 0.05) is 25.5 Å². The summed E-state index contributed by atoms with van der Waals surface area (Å²) >= 11 is 0. The molecule has 0 bridgehead atoms. The highest BCUT2D eigenvalue weighted by atomic mass is 19.1. The van der Waals surface area contributed by atoms with Crippen LogP contribution in [-0.2, 0) is 0 Å². The second-order valence-corrected chi connectivity index (χ2v) is 7.02. The number of pyridine rings is 1. The molecule has 1 aliphatic heterocycles. The summed E-state index contributed by atoms with van der Waals surface area (Å²) in [6.07, 6.45) is 3.26. The smallest absolute Gasteiger partial charge is 0.290 e. The van der Waals surface area contributed by atoms with Crippen molar-refractivity contribution in [1.29, 1.82) is 0 Å². The van der Waals surface area contributed by atoms with Gasteiger partial charge in [0.1, 0.15) is 11.4 Å². The summed E-state index contributed by atoms with van der Waals surface area (Å²) in [6.45, 7) is 6.99. The van der Waals surface area contributed by atoms with Crippen LogP contribution in [-0.4, -0.2) is 46.9 Å². The Labute approximate surface area is 167 Å². The number of amides is 1. The van der Waals surface area contributed by atoms with E-state index < -0.39 is 11.9 Å². The third kappa shape index (κ3) is 3.31. The third-order valence-electron chi connectivity index (χ3n) is 5.50. The molecule has 0 spiro atoms. The summed E-state index contributed by atoms with van der Waals surface area (Å²) in [5.74, 6) is -0.805. The first kappa shape index (κ1) is 19.3. The molecule has 0 saturated heterocycles. The van der Waals surface area contributed by atoms with Crippen molar-refractivity contribution in [2.45, 2.75) is 19.9 Å². The van der Waals surface area contributed by atoms with Crippen LogP contribution in [0.1, 0.15) is 41.6 Å². The molecule has 6 nitrogen and oxygen atoms in total. The summed E-state index contributed by atoms with van der Waals surface area (Å²) in [4.78, 5) is 34.4. The first-order valence-corrected chi connectivity index (χ1v) is 9.74. The molecule has 0 saturated carbocycles. The summed E-state index contributed by atoms with van der Waals surface area (Å²) < 4.78 is 19.6. The molecular formula is C22H22FN3O3. The average Bonchev–Trinajstić information content (AvgIpc) is 3.02. The Morgan fingerprint density at radius 3 is 2.55 bits per heavy atom. The molecule has 1 atom stereocenters. The van der Waals surface area contributed by atoms with Crippen LogP contribution in [0.5, 0.6) is 0 Å². The summed E-state index contributed by atoms with van der Waals surface area (Å²) in [6, 6.07) is 6.75. The second kappa shape index (κ2) is 7.75. The number of carbonyl (C=O) groups excluding carboxylic acids is 1. The number of carbonyl (C=O) groups is 1. The van der Waals surface area contributed by atoms with Crippen LogP contribution in [0.15, 0.2) is 51.9 Å². The van der Waals surface area contributed by atoms with Gasteiger partial charge in [0.05, 0.1) is 17.0 Å². The molecule has 3 aromatic rings. The van der Waals surface area contributed by atoms with Gasteiger partial charge in [-0.1, -0.05) is 13.8 Å². The van der Waals surface area contributed by atoms with Gasteiger partial charge >= 0.3 is 0 Å². The van der Waals surface area contributed by atoms with Crippen molar-refractivity contribution in [3.05, 3.63) is 75.7 Å². The molecular weight excluding hydrogens is 373 g/mol. The minimum atomic E-state index is -0.583. The highest BCUT2D eigenvalue weighted by molar-refractivity contribution is 5.99. The Morgan fingerprint density at radius 2 is 1.86 bits per heavy atom.